The quantitative estimate of drug-likeness (QED) is 0.851. The van der Waals surface area contributed by atoms with Crippen molar-refractivity contribution in [3.05, 3.63) is 24.3 Å². The van der Waals surface area contributed by atoms with Crippen LogP contribution < -0.4 is 5.32 Å². The Morgan fingerprint density at radius 1 is 1.53 bits per heavy atom. The molecule has 0 saturated carbocycles. The van der Waals surface area contributed by atoms with Crippen LogP contribution >= 0.6 is 0 Å². The van der Waals surface area contributed by atoms with Gasteiger partial charge in [-0.15, -0.1) is 5.10 Å². The zero-order chi connectivity index (χ0) is 12.3. The summed E-state index contributed by atoms with van der Waals surface area (Å²) in [5.74, 6) is 0.899. The third-order valence-electron chi connectivity index (χ3n) is 2.33. The van der Waals surface area contributed by atoms with Crippen LogP contribution in [-0.2, 0) is 0 Å². The van der Waals surface area contributed by atoms with E-state index >= 15 is 0 Å². The molecule has 0 saturated heterocycles. The third kappa shape index (κ3) is 2.77. The smallest absolute Gasteiger partial charge is 0.291 e. The summed E-state index contributed by atoms with van der Waals surface area (Å²) >= 11 is 0. The van der Waals surface area contributed by atoms with Crippen LogP contribution in [-0.4, -0.2) is 32.0 Å². The molecule has 0 aliphatic carbocycles. The van der Waals surface area contributed by atoms with Crippen molar-refractivity contribution in [2.24, 2.45) is 5.92 Å². The lowest BCUT2D eigenvalue weighted by molar-refractivity contribution is 0.0942. The summed E-state index contributed by atoms with van der Waals surface area (Å²) in [6.07, 6.45) is 4.27. The molecule has 6 heteroatoms. The summed E-state index contributed by atoms with van der Waals surface area (Å²) in [7, 11) is 0. The van der Waals surface area contributed by atoms with Crippen molar-refractivity contribution in [2.75, 3.05) is 6.54 Å². The SMILES string of the molecule is CC(C)CCNC(=O)c1nc2ncccn2n1. The van der Waals surface area contributed by atoms with E-state index in [0.29, 0.717) is 18.2 Å². The minimum Gasteiger partial charge on any atom is -0.349 e. The second-order valence-electron chi connectivity index (χ2n) is 4.24. The maximum absolute atomic E-state index is 11.7. The fraction of sp³-hybridized carbons (Fsp3) is 0.455. The fourth-order valence-electron chi connectivity index (χ4n) is 1.38. The van der Waals surface area contributed by atoms with E-state index in [2.05, 4.69) is 34.2 Å². The van der Waals surface area contributed by atoms with Crippen molar-refractivity contribution in [3.8, 4) is 0 Å². The van der Waals surface area contributed by atoms with Crippen LogP contribution in [0.5, 0.6) is 0 Å². The van der Waals surface area contributed by atoms with Crippen LogP contribution in [0.1, 0.15) is 30.9 Å². The molecule has 2 rings (SSSR count). The van der Waals surface area contributed by atoms with Gasteiger partial charge in [0.15, 0.2) is 0 Å². The third-order valence-corrected chi connectivity index (χ3v) is 2.33. The number of hydrogen-bond donors (Lipinski definition) is 1. The molecule has 0 fully saturated rings. The first kappa shape index (κ1) is 11.5. The maximum atomic E-state index is 11.7. The normalized spacial score (nSPS) is 11.0. The number of nitrogens with one attached hydrogen (secondary N) is 1. The van der Waals surface area contributed by atoms with E-state index in [0.717, 1.165) is 6.42 Å². The molecule has 17 heavy (non-hydrogen) atoms. The topological polar surface area (TPSA) is 72.2 Å². The summed E-state index contributed by atoms with van der Waals surface area (Å²) < 4.78 is 1.48. The standard InChI is InChI=1S/C11H15N5O/c1-8(2)4-6-12-10(17)9-14-11-13-5-3-7-16(11)15-9/h3,5,7-8H,4,6H2,1-2H3,(H,12,17). The largest absolute Gasteiger partial charge is 0.349 e. The first-order valence-corrected chi connectivity index (χ1v) is 5.62. The molecule has 0 radical (unpaired) electrons. The van der Waals surface area contributed by atoms with Crippen LogP contribution in [0, 0.1) is 5.92 Å². The molecule has 1 N–H and O–H groups in total. The van der Waals surface area contributed by atoms with Gasteiger partial charge in [0, 0.05) is 18.9 Å². The van der Waals surface area contributed by atoms with Gasteiger partial charge in [-0.25, -0.2) is 9.50 Å². The Balaban J connectivity index is 2.04. The van der Waals surface area contributed by atoms with Gasteiger partial charge in [0.2, 0.25) is 5.82 Å². The van der Waals surface area contributed by atoms with E-state index in [-0.39, 0.29) is 11.7 Å². The number of amides is 1. The molecule has 90 valence electrons. The Bertz CT molecular complexity index is 486. The highest BCUT2D eigenvalue weighted by Gasteiger charge is 2.12. The molecule has 0 aliphatic rings. The highest BCUT2D eigenvalue weighted by atomic mass is 16.2. The number of carbonyl (C=O) groups excluding carboxylic acids is 1. The van der Waals surface area contributed by atoms with Gasteiger partial charge in [-0.1, -0.05) is 13.8 Å². The molecule has 2 aromatic rings. The number of carbonyl (C=O) groups is 1. The molecule has 0 bridgehead atoms. The van der Waals surface area contributed by atoms with E-state index in [1.165, 1.54) is 4.52 Å². The van der Waals surface area contributed by atoms with Gasteiger partial charge >= 0.3 is 0 Å². The minimum absolute atomic E-state index is 0.160. The van der Waals surface area contributed by atoms with Gasteiger partial charge in [-0.2, -0.15) is 4.98 Å². The van der Waals surface area contributed by atoms with Crippen molar-refractivity contribution < 1.29 is 4.79 Å². The van der Waals surface area contributed by atoms with Gasteiger partial charge in [0.1, 0.15) is 0 Å². The highest BCUT2D eigenvalue weighted by molar-refractivity contribution is 5.90. The number of fused-ring (bicyclic) bond motifs is 1. The Labute approximate surface area is 99.1 Å². The second-order valence-corrected chi connectivity index (χ2v) is 4.24. The van der Waals surface area contributed by atoms with E-state index in [4.69, 9.17) is 0 Å². The molecule has 0 spiro atoms. The predicted molar refractivity (Wildman–Crippen MR) is 62.6 cm³/mol. The van der Waals surface area contributed by atoms with Crippen molar-refractivity contribution in [3.63, 3.8) is 0 Å². The van der Waals surface area contributed by atoms with Crippen molar-refractivity contribution in [1.29, 1.82) is 0 Å². The van der Waals surface area contributed by atoms with Crippen molar-refractivity contribution in [1.82, 2.24) is 24.9 Å². The first-order valence-electron chi connectivity index (χ1n) is 5.62. The summed E-state index contributed by atoms with van der Waals surface area (Å²) in [6.45, 7) is 4.86. The lowest BCUT2D eigenvalue weighted by atomic mass is 10.1. The second kappa shape index (κ2) is 4.90. The van der Waals surface area contributed by atoms with Crippen molar-refractivity contribution in [2.45, 2.75) is 20.3 Å². The number of aromatic nitrogens is 4. The number of nitrogens with zero attached hydrogens (tertiary/aromatic N) is 4. The minimum atomic E-state index is -0.254. The molecular weight excluding hydrogens is 218 g/mol. The van der Waals surface area contributed by atoms with E-state index in [1.54, 1.807) is 18.5 Å². The van der Waals surface area contributed by atoms with Crippen molar-refractivity contribution >= 4 is 11.7 Å². The van der Waals surface area contributed by atoms with E-state index in [1.807, 2.05) is 0 Å². The molecule has 0 unspecified atom stereocenters. The summed E-state index contributed by atoms with van der Waals surface area (Å²) in [6, 6.07) is 1.74. The van der Waals surface area contributed by atoms with Crippen LogP contribution in [0.2, 0.25) is 0 Å². The lowest BCUT2D eigenvalue weighted by Gasteiger charge is -2.04. The molecule has 0 aromatic carbocycles. The molecular formula is C11H15N5O. The Kier molecular flexibility index (Phi) is 3.32. The highest BCUT2D eigenvalue weighted by Crippen LogP contribution is 1.99. The molecule has 1 amide bonds. The first-order chi connectivity index (χ1) is 8.16. The number of hydrogen-bond acceptors (Lipinski definition) is 4. The summed E-state index contributed by atoms with van der Waals surface area (Å²) in [5.41, 5.74) is 0. The van der Waals surface area contributed by atoms with Gasteiger partial charge in [0.25, 0.3) is 11.7 Å². The predicted octanol–water partition coefficient (Wildman–Crippen LogP) is 0.900. The number of rotatable bonds is 4. The summed E-state index contributed by atoms with van der Waals surface area (Å²) in [5, 5.41) is 6.83. The molecule has 0 aliphatic heterocycles. The monoisotopic (exact) mass is 233 g/mol. The molecule has 2 heterocycles. The van der Waals surface area contributed by atoms with Gasteiger partial charge in [-0.3, -0.25) is 4.79 Å². The van der Waals surface area contributed by atoms with Crippen LogP contribution in [0.4, 0.5) is 0 Å². The van der Waals surface area contributed by atoms with Crippen LogP contribution in [0.25, 0.3) is 5.78 Å². The Morgan fingerprint density at radius 3 is 3.06 bits per heavy atom. The fourth-order valence-corrected chi connectivity index (χ4v) is 1.38. The van der Waals surface area contributed by atoms with Gasteiger partial charge in [0.05, 0.1) is 0 Å². The zero-order valence-electron chi connectivity index (χ0n) is 9.92. The average molecular weight is 233 g/mol. The maximum Gasteiger partial charge on any atom is 0.291 e. The molecule has 6 nitrogen and oxygen atoms in total. The summed E-state index contributed by atoms with van der Waals surface area (Å²) in [4.78, 5) is 19.8. The average Bonchev–Trinajstić information content (AvgIpc) is 2.71. The van der Waals surface area contributed by atoms with E-state index in [9.17, 15) is 4.79 Å². The Morgan fingerprint density at radius 2 is 2.35 bits per heavy atom. The van der Waals surface area contributed by atoms with Gasteiger partial charge < -0.3 is 5.32 Å². The van der Waals surface area contributed by atoms with Crippen LogP contribution in [0.3, 0.4) is 0 Å². The molecule has 0 atom stereocenters. The zero-order valence-corrected chi connectivity index (χ0v) is 9.92. The van der Waals surface area contributed by atoms with Crippen LogP contribution in [0.15, 0.2) is 18.5 Å². The lowest BCUT2D eigenvalue weighted by Crippen LogP contribution is -2.26. The molecule has 2 aromatic heterocycles. The Hall–Kier alpha value is -1.98. The van der Waals surface area contributed by atoms with E-state index < -0.39 is 0 Å². The van der Waals surface area contributed by atoms with Gasteiger partial charge in [-0.05, 0) is 18.4 Å².